The Morgan fingerprint density at radius 1 is 1.37 bits per heavy atom. The van der Waals surface area contributed by atoms with E-state index in [1.165, 1.54) is 0 Å². The molecule has 0 saturated carbocycles. The number of hydrogen-bond acceptors (Lipinski definition) is 2. The normalized spacial score (nSPS) is 20.1. The molecule has 1 heterocycles. The van der Waals surface area contributed by atoms with E-state index in [1.807, 2.05) is 13.0 Å². The zero-order valence-electron chi connectivity index (χ0n) is 10.9. The van der Waals surface area contributed by atoms with Crippen LogP contribution in [0.5, 0.6) is 0 Å². The molecule has 1 fully saturated rings. The minimum atomic E-state index is -1.05. The number of carbonyl (C=O) groups excluding carboxylic acids is 1. The van der Waals surface area contributed by atoms with E-state index in [2.05, 4.69) is 5.32 Å². The highest BCUT2D eigenvalue weighted by molar-refractivity contribution is 5.84. The third kappa shape index (κ3) is 3.05. The largest absolute Gasteiger partial charge is 0.479 e. The molecule has 1 saturated heterocycles. The van der Waals surface area contributed by atoms with Gasteiger partial charge >= 0.3 is 12.0 Å². The summed E-state index contributed by atoms with van der Waals surface area (Å²) >= 11 is 0. The summed E-state index contributed by atoms with van der Waals surface area (Å²) in [5.74, 6) is -1.05. The predicted molar refractivity (Wildman–Crippen MR) is 70.8 cm³/mol. The topological polar surface area (TPSA) is 69.6 Å². The molecule has 1 aromatic carbocycles. The average Bonchev–Trinajstić information content (AvgIpc) is 2.82. The summed E-state index contributed by atoms with van der Waals surface area (Å²) < 4.78 is 0. The van der Waals surface area contributed by atoms with Gasteiger partial charge in [-0.2, -0.15) is 0 Å². The molecule has 0 radical (unpaired) electrons. The quantitative estimate of drug-likeness (QED) is 0.875. The molecule has 19 heavy (non-hydrogen) atoms. The number of amides is 2. The van der Waals surface area contributed by atoms with Crippen molar-refractivity contribution in [1.82, 2.24) is 10.2 Å². The number of carbonyl (C=O) groups is 2. The van der Waals surface area contributed by atoms with Crippen molar-refractivity contribution in [3.8, 4) is 0 Å². The van der Waals surface area contributed by atoms with E-state index in [1.54, 1.807) is 29.2 Å². The van der Waals surface area contributed by atoms with Crippen molar-refractivity contribution in [2.45, 2.75) is 31.8 Å². The lowest BCUT2D eigenvalue weighted by atomic mass is 10.1. The Kier molecular flexibility index (Phi) is 4.04. The van der Waals surface area contributed by atoms with Crippen LogP contribution in [-0.2, 0) is 4.79 Å². The molecule has 5 heteroatoms. The lowest BCUT2D eigenvalue weighted by Gasteiger charge is -2.24. The highest BCUT2D eigenvalue weighted by Crippen LogP contribution is 2.18. The van der Waals surface area contributed by atoms with Gasteiger partial charge in [0.05, 0.1) is 0 Å². The fourth-order valence-electron chi connectivity index (χ4n) is 2.37. The van der Waals surface area contributed by atoms with Crippen LogP contribution in [0, 0.1) is 0 Å². The number of aliphatic carboxylic acids is 1. The van der Waals surface area contributed by atoms with Crippen LogP contribution in [0.15, 0.2) is 30.3 Å². The Balaban J connectivity index is 2.09. The maximum atomic E-state index is 12.1. The SMILES string of the molecule is CC1CCCN1C(=O)N[C@H](C(=O)O)c1ccccc1. The molecule has 5 nitrogen and oxygen atoms in total. The smallest absolute Gasteiger partial charge is 0.330 e. The highest BCUT2D eigenvalue weighted by Gasteiger charge is 2.29. The van der Waals surface area contributed by atoms with Crippen LogP contribution >= 0.6 is 0 Å². The van der Waals surface area contributed by atoms with Crippen molar-refractivity contribution in [2.75, 3.05) is 6.54 Å². The van der Waals surface area contributed by atoms with Crippen LogP contribution in [0.2, 0.25) is 0 Å². The van der Waals surface area contributed by atoms with Crippen molar-refractivity contribution in [1.29, 1.82) is 0 Å². The van der Waals surface area contributed by atoms with Gasteiger partial charge in [-0.15, -0.1) is 0 Å². The number of hydrogen-bond donors (Lipinski definition) is 2. The van der Waals surface area contributed by atoms with Crippen LogP contribution in [0.25, 0.3) is 0 Å². The van der Waals surface area contributed by atoms with E-state index in [0.717, 1.165) is 12.8 Å². The molecule has 0 aliphatic carbocycles. The summed E-state index contributed by atoms with van der Waals surface area (Å²) in [5, 5.41) is 11.8. The van der Waals surface area contributed by atoms with E-state index in [0.29, 0.717) is 12.1 Å². The molecule has 2 atom stereocenters. The maximum absolute atomic E-state index is 12.1. The highest BCUT2D eigenvalue weighted by atomic mass is 16.4. The number of urea groups is 1. The van der Waals surface area contributed by atoms with Crippen molar-refractivity contribution < 1.29 is 14.7 Å². The number of benzene rings is 1. The maximum Gasteiger partial charge on any atom is 0.330 e. The second-order valence-corrected chi connectivity index (χ2v) is 4.82. The van der Waals surface area contributed by atoms with Gasteiger partial charge in [0, 0.05) is 12.6 Å². The van der Waals surface area contributed by atoms with Crippen molar-refractivity contribution in [3.05, 3.63) is 35.9 Å². The van der Waals surface area contributed by atoms with Crippen LogP contribution in [0.3, 0.4) is 0 Å². The summed E-state index contributed by atoms with van der Waals surface area (Å²) in [6.07, 6.45) is 1.94. The van der Waals surface area contributed by atoms with Gasteiger partial charge in [0.1, 0.15) is 0 Å². The van der Waals surface area contributed by atoms with Gasteiger partial charge in [0.25, 0.3) is 0 Å². The van der Waals surface area contributed by atoms with Gasteiger partial charge in [-0.3, -0.25) is 0 Å². The number of carboxylic acid groups (broad SMARTS) is 1. The van der Waals surface area contributed by atoms with Crippen LogP contribution in [0.4, 0.5) is 4.79 Å². The van der Waals surface area contributed by atoms with E-state index in [-0.39, 0.29) is 12.1 Å². The molecule has 0 aromatic heterocycles. The number of likely N-dealkylation sites (tertiary alicyclic amines) is 1. The lowest BCUT2D eigenvalue weighted by Crippen LogP contribution is -2.45. The molecule has 1 aliphatic heterocycles. The third-order valence-electron chi connectivity index (χ3n) is 3.46. The first-order chi connectivity index (χ1) is 9.09. The van der Waals surface area contributed by atoms with Gasteiger partial charge in [-0.25, -0.2) is 9.59 Å². The van der Waals surface area contributed by atoms with Gasteiger partial charge in [0.15, 0.2) is 6.04 Å². The fraction of sp³-hybridized carbons (Fsp3) is 0.429. The Morgan fingerprint density at radius 3 is 2.58 bits per heavy atom. The zero-order chi connectivity index (χ0) is 13.8. The second-order valence-electron chi connectivity index (χ2n) is 4.82. The molecule has 2 N–H and O–H groups in total. The number of nitrogens with zero attached hydrogens (tertiary/aromatic N) is 1. The summed E-state index contributed by atoms with van der Waals surface area (Å²) in [6.45, 7) is 2.67. The number of nitrogens with one attached hydrogen (secondary N) is 1. The fourth-order valence-corrected chi connectivity index (χ4v) is 2.37. The molecule has 0 bridgehead atoms. The number of rotatable bonds is 3. The van der Waals surface area contributed by atoms with Gasteiger partial charge in [-0.1, -0.05) is 30.3 Å². The van der Waals surface area contributed by atoms with E-state index in [4.69, 9.17) is 0 Å². The predicted octanol–water partition coefficient (Wildman–Crippen LogP) is 2.01. The van der Waals surface area contributed by atoms with Crippen molar-refractivity contribution >= 4 is 12.0 Å². The standard InChI is InChI=1S/C14H18N2O3/c1-10-6-5-9-16(10)14(19)15-12(13(17)18)11-7-3-2-4-8-11/h2-4,7-8,10,12H,5-6,9H2,1H3,(H,15,19)(H,17,18)/t10?,12-/m0/s1. The molecule has 2 rings (SSSR count). The first-order valence-corrected chi connectivity index (χ1v) is 6.44. The number of carboxylic acids is 1. The lowest BCUT2D eigenvalue weighted by molar-refractivity contribution is -0.139. The Labute approximate surface area is 112 Å². The average molecular weight is 262 g/mol. The minimum absolute atomic E-state index is 0.171. The van der Waals surface area contributed by atoms with E-state index >= 15 is 0 Å². The summed E-state index contributed by atoms with van der Waals surface area (Å²) in [5.41, 5.74) is 0.579. The Hall–Kier alpha value is -2.04. The molecule has 102 valence electrons. The molecular formula is C14H18N2O3. The van der Waals surface area contributed by atoms with E-state index < -0.39 is 12.0 Å². The van der Waals surface area contributed by atoms with Gasteiger partial charge in [-0.05, 0) is 25.3 Å². The second kappa shape index (κ2) is 5.73. The van der Waals surface area contributed by atoms with Crippen molar-refractivity contribution in [3.63, 3.8) is 0 Å². The summed E-state index contributed by atoms with van der Waals surface area (Å²) in [4.78, 5) is 25.1. The summed E-state index contributed by atoms with van der Waals surface area (Å²) in [6, 6.07) is 7.60. The zero-order valence-corrected chi connectivity index (χ0v) is 10.9. The van der Waals surface area contributed by atoms with Crippen LogP contribution < -0.4 is 5.32 Å². The van der Waals surface area contributed by atoms with E-state index in [9.17, 15) is 14.7 Å². The first-order valence-electron chi connectivity index (χ1n) is 6.44. The molecule has 2 amide bonds. The van der Waals surface area contributed by atoms with Crippen LogP contribution in [-0.4, -0.2) is 34.6 Å². The molecule has 1 unspecified atom stereocenters. The Morgan fingerprint density at radius 2 is 2.05 bits per heavy atom. The molecule has 1 aromatic rings. The first kappa shape index (κ1) is 13.4. The van der Waals surface area contributed by atoms with Gasteiger partial charge in [0.2, 0.25) is 0 Å². The van der Waals surface area contributed by atoms with Crippen LogP contribution in [0.1, 0.15) is 31.4 Å². The summed E-state index contributed by atoms with van der Waals surface area (Å²) in [7, 11) is 0. The van der Waals surface area contributed by atoms with Gasteiger partial charge < -0.3 is 15.3 Å². The molecule has 0 spiro atoms. The molecular weight excluding hydrogens is 244 g/mol. The third-order valence-corrected chi connectivity index (χ3v) is 3.46. The molecule has 1 aliphatic rings. The van der Waals surface area contributed by atoms with Crippen molar-refractivity contribution in [2.24, 2.45) is 0 Å². The minimum Gasteiger partial charge on any atom is -0.479 e. The monoisotopic (exact) mass is 262 g/mol. The Bertz CT molecular complexity index is 461.